The molecule has 0 spiro atoms. The minimum absolute atomic E-state index is 0. The number of thiophene rings is 1. The summed E-state index contributed by atoms with van der Waals surface area (Å²) in [6.45, 7) is 5.55. The topological polar surface area (TPSA) is 23.5 Å². The van der Waals surface area contributed by atoms with Crippen LogP contribution in [0, 0.1) is 0 Å². The van der Waals surface area contributed by atoms with E-state index in [2.05, 4.69) is 35.4 Å². The van der Waals surface area contributed by atoms with Crippen LogP contribution in [-0.2, 0) is 12.8 Å². The van der Waals surface area contributed by atoms with Crippen molar-refractivity contribution in [2.24, 2.45) is 0 Å². The van der Waals surface area contributed by atoms with Crippen molar-refractivity contribution >= 4 is 23.7 Å². The van der Waals surface area contributed by atoms with Crippen LogP contribution in [0.15, 0.2) is 41.8 Å². The van der Waals surface area contributed by atoms with E-state index in [9.17, 15) is 5.11 Å². The molecule has 0 fully saturated rings. The monoisotopic (exact) mass is 325 g/mol. The number of nitrogens with zero attached hydrogens (tertiary/aromatic N) is 1. The molecule has 0 unspecified atom stereocenters. The fraction of sp³-hybridized carbons (Fsp3) is 0.412. The lowest BCUT2D eigenvalue weighted by molar-refractivity contribution is 0.281. The van der Waals surface area contributed by atoms with Gasteiger partial charge in [-0.2, -0.15) is 0 Å². The Balaban J connectivity index is 0.00000220. The number of hydrogen-bond acceptors (Lipinski definition) is 3. The number of benzene rings is 1. The second-order valence-corrected chi connectivity index (χ2v) is 6.12. The molecule has 1 N–H and O–H groups in total. The first-order valence-electron chi connectivity index (χ1n) is 7.30. The van der Waals surface area contributed by atoms with Crippen LogP contribution < -0.4 is 0 Å². The fourth-order valence-electron chi connectivity index (χ4n) is 2.37. The smallest absolute Gasteiger partial charge is 0.115 e. The number of phenols is 1. The first-order chi connectivity index (χ1) is 9.78. The maximum atomic E-state index is 9.50. The average Bonchev–Trinajstić information content (AvgIpc) is 2.95. The van der Waals surface area contributed by atoms with Gasteiger partial charge in [0.15, 0.2) is 0 Å². The molecule has 0 saturated heterocycles. The summed E-state index contributed by atoms with van der Waals surface area (Å²) in [6, 6.07) is 11.9. The number of rotatable bonds is 8. The minimum Gasteiger partial charge on any atom is -0.508 e. The number of phenolic OH excluding ortho intramolecular Hbond substituents is 1. The Hall–Kier alpha value is -1.03. The molecule has 0 radical (unpaired) electrons. The van der Waals surface area contributed by atoms with Gasteiger partial charge < -0.3 is 10.0 Å². The molecule has 0 aliphatic heterocycles. The molecule has 1 heterocycles. The van der Waals surface area contributed by atoms with Crippen LogP contribution in [0.5, 0.6) is 5.75 Å². The Morgan fingerprint density at radius 3 is 2.52 bits per heavy atom. The Kier molecular flexibility index (Phi) is 8.43. The van der Waals surface area contributed by atoms with E-state index in [1.165, 1.54) is 16.9 Å². The summed E-state index contributed by atoms with van der Waals surface area (Å²) in [5.74, 6) is 0.364. The summed E-state index contributed by atoms with van der Waals surface area (Å²) in [4.78, 5) is 3.98. The molecule has 0 amide bonds. The molecule has 4 heteroatoms. The van der Waals surface area contributed by atoms with Gasteiger partial charge in [0.1, 0.15) is 5.75 Å². The van der Waals surface area contributed by atoms with Gasteiger partial charge >= 0.3 is 0 Å². The minimum atomic E-state index is 0. The molecule has 2 rings (SSSR count). The number of halogens is 1. The van der Waals surface area contributed by atoms with Gasteiger partial charge in [-0.05, 0) is 54.9 Å². The van der Waals surface area contributed by atoms with Gasteiger partial charge in [-0.3, -0.25) is 0 Å². The summed E-state index contributed by atoms with van der Waals surface area (Å²) < 4.78 is 0. The van der Waals surface area contributed by atoms with Crippen LogP contribution in [0.1, 0.15) is 23.8 Å². The van der Waals surface area contributed by atoms with Gasteiger partial charge in [-0.1, -0.05) is 25.1 Å². The normalized spacial score (nSPS) is 10.6. The maximum Gasteiger partial charge on any atom is 0.115 e. The van der Waals surface area contributed by atoms with E-state index in [-0.39, 0.29) is 12.4 Å². The van der Waals surface area contributed by atoms with Crippen molar-refractivity contribution < 1.29 is 5.11 Å². The lowest BCUT2D eigenvalue weighted by Gasteiger charge is -2.21. The number of aromatic hydroxyl groups is 1. The highest BCUT2D eigenvalue weighted by atomic mass is 35.5. The van der Waals surface area contributed by atoms with Gasteiger partial charge in [-0.25, -0.2) is 0 Å². The largest absolute Gasteiger partial charge is 0.508 e. The molecular formula is C17H24ClNOS. The highest BCUT2D eigenvalue weighted by molar-refractivity contribution is 7.09. The lowest BCUT2D eigenvalue weighted by Crippen LogP contribution is -2.29. The molecule has 0 aliphatic rings. The zero-order chi connectivity index (χ0) is 14.2. The van der Waals surface area contributed by atoms with Gasteiger partial charge in [-0.15, -0.1) is 23.7 Å². The van der Waals surface area contributed by atoms with E-state index in [0.29, 0.717) is 5.75 Å². The van der Waals surface area contributed by atoms with Crippen LogP contribution in [0.4, 0.5) is 0 Å². The van der Waals surface area contributed by atoms with Crippen molar-refractivity contribution in [3.05, 3.63) is 52.2 Å². The summed E-state index contributed by atoms with van der Waals surface area (Å²) >= 11 is 1.84. The highest BCUT2D eigenvalue weighted by Crippen LogP contribution is 2.13. The predicted molar refractivity (Wildman–Crippen MR) is 93.8 cm³/mol. The molecule has 0 aliphatic carbocycles. The summed E-state index contributed by atoms with van der Waals surface area (Å²) in [5, 5.41) is 11.6. The summed E-state index contributed by atoms with van der Waals surface area (Å²) in [5.41, 5.74) is 1.21. The molecule has 0 atom stereocenters. The predicted octanol–water partition coefficient (Wildman–Crippen LogP) is 4.37. The van der Waals surface area contributed by atoms with Crippen molar-refractivity contribution in [2.75, 3.05) is 19.6 Å². The van der Waals surface area contributed by atoms with Crippen molar-refractivity contribution in [2.45, 2.75) is 26.2 Å². The van der Waals surface area contributed by atoms with Crippen LogP contribution in [0.3, 0.4) is 0 Å². The molecule has 0 bridgehead atoms. The second-order valence-electron chi connectivity index (χ2n) is 5.09. The molecular weight excluding hydrogens is 302 g/mol. The first kappa shape index (κ1) is 18.0. The molecule has 116 valence electrons. The van der Waals surface area contributed by atoms with Crippen molar-refractivity contribution in [1.29, 1.82) is 0 Å². The van der Waals surface area contributed by atoms with Gasteiger partial charge in [0.25, 0.3) is 0 Å². The number of hydrogen-bond donors (Lipinski definition) is 1. The van der Waals surface area contributed by atoms with Crippen LogP contribution in [0.2, 0.25) is 0 Å². The third-order valence-corrected chi connectivity index (χ3v) is 4.36. The van der Waals surface area contributed by atoms with E-state index in [1.54, 1.807) is 6.07 Å². The van der Waals surface area contributed by atoms with Crippen molar-refractivity contribution in [3.63, 3.8) is 0 Å². The third kappa shape index (κ3) is 6.51. The van der Waals surface area contributed by atoms with E-state index >= 15 is 0 Å². The van der Waals surface area contributed by atoms with Crippen LogP contribution >= 0.6 is 23.7 Å². The van der Waals surface area contributed by atoms with Crippen LogP contribution in [0.25, 0.3) is 0 Å². The van der Waals surface area contributed by atoms with E-state index < -0.39 is 0 Å². The average molecular weight is 326 g/mol. The van der Waals surface area contributed by atoms with Gasteiger partial charge in [0.05, 0.1) is 0 Å². The maximum absolute atomic E-state index is 9.50. The van der Waals surface area contributed by atoms with E-state index in [4.69, 9.17) is 0 Å². The van der Waals surface area contributed by atoms with Crippen LogP contribution in [-0.4, -0.2) is 29.6 Å². The van der Waals surface area contributed by atoms with Gasteiger partial charge in [0.2, 0.25) is 0 Å². The zero-order valence-electron chi connectivity index (χ0n) is 12.5. The Labute approximate surface area is 137 Å². The third-order valence-electron chi connectivity index (χ3n) is 3.42. The zero-order valence-corrected chi connectivity index (χ0v) is 14.1. The molecule has 1 aromatic heterocycles. The summed E-state index contributed by atoms with van der Waals surface area (Å²) in [7, 11) is 0. The molecule has 2 nitrogen and oxygen atoms in total. The first-order valence-corrected chi connectivity index (χ1v) is 8.18. The standard InChI is InChI=1S/C17H23NOS.ClH/c1-2-10-18(12-9-17-7-4-13-20-17)11-8-15-5-3-6-16(19)14-15;/h3-7,13-14,19H,2,8-12H2,1H3;1H. The summed E-state index contributed by atoms with van der Waals surface area (Å²) in [6.07, 6.45) is 3.32. The Morgan fingerprint density at radius 1 is 1.05 bits per heavy atom. The SMILES string of the molecule is CCCN(CCc1cccc(O)c1)CCc1cccs1.Cl. The lowest BCUT2D eigenvalue weighted by atomic mass is 10.1. The fourth-order valence-corrected chi connectivity index (χ4v) is 3.07. The Bertz CT molecular complexity index is 501. The van der Waals surface area contributed by atoms with E-state index in [0.717, 1.165) is 32.5 Å². The molecule has 2 aromatic rings. The molecule has 21 heavy (non-hydrogen) atoms. The highest BCUT2D eigenvalue weighted by Gasteiger charge is 2.05. The van der Waals surface area contributed by atoms with Crippen molar-refractivity contribution in [1.82, 2.24) is 4.90 Å². The molecule has 1 aromatic carbocycles. The second kappa shape index (κ2) is 9.82. The quantitative estimate of drug-likeness (QED) is 0.779. The van der Waals surface area contributed by atoms with Gasteiger partial charge in [0, 0.05) is 18.0 Å². The van der Waals surface area contributed by atoms with E-state index in [1.807, 2.05) is 23.5 Å². The Morgan fingerprint density at radius 2 is 1.86 bits per heavy atom. The molecule has 0 saturated carbocycles. The van der Waals surface area contributed by atoms with Crippen molar-refractivity contribution in [3.8, 4) is 5.75 Å².